The number of carbonyl (C=O) groups is 1. The van der Waals surface area contributed by atoms with Crippen LogP contribution in [0.2, 0.25) is 0 Å². The SMILES string of the molecule is Cc1cc(N2CCN(C(=O)c3ccc(Cn4ccnc4)cc3)CC2)nc(C(C)C)n1. The second-order valence-corrected chi connectivity index (χ2v) is 8.09. The van der Waals surface area contributed by atoms with Crippen LogP contribution in [0.3, 0.4) is 0 Å². The fraction of sp³-hybridized carbons (Fsp3) is 0.391. The van der Waals surface area contributed by atoms with Crippen LogP contribution in [0.4, 0.5) is 5.82 Å². The zero-order chi connectivity index (χ0) is 21.1. The third kappa shape index (κ3) is 4.50. The Morgan fingerprint density at radius 1 is 1.07 bits per heavy atom. The normalized spacial score (nSPS) is 14.4. The zero-order valence-corrected chi connectivity index (χ0v) is 17.8. The van der Waals surface area contributed by atoms with Crippen LogP contribution in [0.1, 0.15) is 47.2 Å². The molecule has 1 aliphatic rings. The summed E-state index contributed by atoms with van der Waals surface area (Å²) in [7, 11) is 0. The summed E-state index contributed by atoms with van der Waals surface area (Å²) in [5.41, 5.74) is 2.87. The summed E-state index contributed by atoms with van der Waals surface area (Å²) in [4.78, 5) is 30.4. The Bertz CT molecular complexity index is 989. The number of hydrogen-bond donors (Lipinski definition) is 0. The molecule has 156 valence electrons. The van der Waals surface area contributed by atoms with Crippen molar-refractivity contribution in [3.63, 3.8) is 0 Å². The number of amides is 1. The average molecular weight is 405 g/mol. The number of rotatable bonds is 5. The number of aromatic nitrogens is 4. The van der Waals surface area contributed by atoms with Crippen molar-refractivity contribution in [2.45, 2.75) is 33.2 Å². The van der Waals surface area contributed by atoms with Crippen LogP contribution in [0, 0.1) is 6.92 Å². The first-order valence-electron chi connectivity index (χ1n) is 10.4. The maximum atomic E-state index is 12.9. The second kappa shape index (κ2) is 8.65. The lowest BCUT2D eigenvalue weighted by Crippen LogP contribution is -2.49. The topological polar surface area (TPSA) is 67.2 Å². The van der Waals surface area contributed by atoms with Crippen LogP contribution in [-0.2, 0) is 6.54 Å². The molecule has 1 aromatic carbocycles. The van der Waals surface area contributed by atoms with Gasteiger partial charge in [-0.3, -0.25) is 4.79 Å². The molecule has 1 saturated heterocycles. The largest absolute Gasteiger partial charge is 0.353 e. The minimum Gasteiger partial charge on any atom is -0.353 e. The summed E-state index contributed by atoms with van der Waals surface area (Å²) in [6.45, 7) is 9.91. The van der Waals surface area contributed by atoms with E-state index in [-0.39, 0.29) is 5.91 Å². The average Bonchev–Trinajstić information content (AvgIpc) is 3.26. The fourth-order valence-electron chi connectivity index (χ4n) is 3.66. The van der Waals surface area contributed by atoms with Gasteiger partial charge < -0.3 is 14.4 Å². The van der Waals surface area contributed by atoms with Gasteiger partial charge in [0.1, 0.15) is 11.6 Å². The Morgan fingerprint density at radius 3 is 2.43 bits per heavy atom. The summed E-state index contributed by atoms with van der Waals surface area (Å²) < 4.78 is 2.01. The molecule has 0 spiro atoms. The van der Waals surface area contributed by atoms with E-state index >= 15 is 0 Å². The first-order valence-corrected chi connectivity index (χ1v) is 10.4. The van der Waals surface area contributed by atoms with Crippen molar-refractivity contribution >= 4 is 11.7 Å². The summed E-state index contributed by atoms with van der Waals surface area (Å²) >= 11 is 0. The van der Waals surface area contributed by atoms with E-state index in [9.17, 15) is 4.79 Å². The van der Waals surface area contributed by atoms with Gasteiger partial charge in [0.25, 0.3) is 5.91 Å². The maximum Gasteiger partial charge on any atom is 0.253 e. The van der Waals surface area contributed by atoms with Crippen LogP contribution in [0.5, 0.6) is 0 Å². The molecule has 1 fully saturated rings. The van der Waals surface area contributed by atoms with Crippen molar-refractivity contribution < 1.29 is 4.79 Å². The molecule has 0 saturated carbocycles. The lowest BCUT2D eigenvalue weighted by atomic mass is 10.1. The molecule has 1 aliphatic heterocycles. The predicted octanol–water partition coefficient (Wildman–Crippen LogP) is 3.12. The van der Waals surface area contributed by atoms with Gasteiger partial charge in [-0.05, 0) is 24.6 Å². The molecule has 3 aromatic rings. The number of carbonyl (C=O) groups excluding carboxylic acids is 1. The van der Waals surface area contributed by atoms with Crippen LogP contribution < -0.4 is 4.90 Å². The smallest absolute Gasteiger partial charge is 0.253 e. The molecule has 0 N–H and O–H groups in total. The minimum atomic E-state index is 0.0885. The number of benzene rings is 1. The highest BCUT2D eigenvalue weighted by Gasteiger charge is 2.23. The van der Waals surface area contributed by atoms with Crippen molar-refractivity contribution in [2.75, 3.05) is 31.1 Å². The van der Waals surface area contributed by atoms with E-state index in [1.807, 2.05) is 52.9 Å². The molecule has 4 rings (SSSR count). The standard InChI is InChI=1S/C23H28N6O/c1-17(2)22-25-18(3)14-21(26-22)28-10-12-29(13-11-28)23(30)20-6-4-19(5-7-20)15-27-9-8-24-16-27/h4-9,14,16-17H,10-13,15H2,1-3H3. The Morgan fingerprint density at radius 2 is 1.80 bits per heavy atom. The molecule has 3 heterocycles. The van der Waals surface area contributed by atoms with E-state index in [4.69, 9.17) is 4.98 Å². The van der Waals surface area contributed by atoms with E-state index in [1.54, 1.807) is 12.5 Å². The molecule has 0 bridgehead atoms. The van der Waals surface area contributed by atoms with Crippen molar-refractivity contribution in [2.24, 2.45) is 0 Å². The van der Waals surface area contributed by atoms with Crippen molar-refractivity contribution in [3.05, 3.63) is 71.7 Å². The van der Waals surface area contributed by atoms with E-state index in [1.165, 1.54) is 0 Å². The number of imidazole rings is 1. The summed E-state index contributed by atoms with van der Waals surface area (Å²) in [6.07, 6.45) is 5.49. The summed E-state index contributed by atoms with van der Waals surface area (Å²) in [5, 5.41) is 0. The van der Waals surface area contributed by atoms with Gasteiger partial charge in [-0.1, -0.05) is 26.0 Å². The Balaban J connectivity index is 1.37. The molecular formula is C23H28N6O. The van der Waals surface area contributed by atoms with Gasteiger partial charge in [0.2, 0.25) is 0 Å². The Kier molecular flexibility index (Phi) is 5.79. The third-order valence-electron chi connectivity index (χ3n) is 5.39. The highest BCUT2D eigenvalue weighted by Crippen LogP contribution is 2.19. The zero-order valence-electron chi connectivity index (χ0n) is 17.8. The molecular weight excluding hydrogens is 376 g/mol. The van der Waals surface area contributed by atoms with E-state index in [2.05, 4.69) is 28.7 Å². The quantitative estimate of drug-likeness (QED) is 0.654. The lowest BCUT2D eigenvalue weighted by molar-refractivity contribution is 0.0746. The van der Waals surface area contributed by atoms with Crippen molar-refractivity contribution in [1.82, 2.24) is 24.4 Å². The second-order valence-electron chi connectivity index (χ2n) is 8.09. The van der Waals surface area contributed by atoms with Gasteiger partial charge in [0, 0.05) is 68.4 Å². The number of nitrogens with zero attached hydrogens (tertiary/aromatic N) is 6. The highest BCUT2D eigenvalue weighted by atomic mass is 16.2. The monoisotopic (exact) mass is 404 g/mol. The van der Waals surface area contributed by atoms with Gasteiger partial charge in [-0.25, -0.2) is 15.0 Å². The minimum absolute atomic E-state index is 0.0885. The molecule has 30 heavy (non-hydrogen) atoms. The predicted molar refractivity (Wildman–Crippen MR) is 117 cm³/mol. The number of hydrogen-bond acceptors (Lipinski definition) is 5. The van der Waals surface area contributed by atoms with Crippen LogP contribution in [0.15, 0.2) is 49.1 Å². The van der Waals surface area contributed by atoms with E-state index in [0.717, 1.165) is 48.1 Å². The molecule has 0 atom stereocenters. The van der Waals surface area contributed by atoms with Crippen LogP contribution >= 0.6 is 0 Å². The van der Waals surface area contributed by atoms with Crippen molar-refractivity contribution in [3.8, 4) is 0 Å². The Labute approximate surface area is 177 Å². The maximum absolute atomic E-state index is 12.9. The molecule has 0 aliphatic carbocycles. The number of anilines is 1. The fourth-order valence-corrected chi connectivity index (χ4v) is 3.66. The van der Waals surface area contributed by atoms with Gasteiger partial charge in [-0.15, -0.1) is 0 Å². The highest BCUT2D eigenvalue weighted by molar-refractivity contribution is 5.94. The van der Waals surface area contributed by atoms with Crippen LogP contribution in [-0.4, -0.2) is 56.5 Å². The molecule has 0 radical (unpaired) electrons. The molecule has 2 aromatic heterocycles. The molecule has 1 amide bonds. The van der Waals surface area contributed by atoms with E-state index < -0.39 is 0 Å². The number of piperazine rings is 1. The number of aryl methyl sites for hydroxylation is 1. The molecule has 0 unspecified atom stereocenters. The van der Waals surface area contributed by atoms with Gasteiger partial charge in [0.05, 0.1) is 6.33 Å². The van der Waals surface area contributed by atoms with Crippen molar-refractivity contribution in [1.29, 1.82) is 0 Å². The van der Waals surface area contributed by atoms with Crippen LogP contribution in [0.25, 0.3) is 0 Å². The van der Waals surface area contributed by atoms with Gasteiger partial charge in [0.15, 0.2) is 0 Å². The van der Waals surface area contributed by atoms with E-state index in [0.29, 0.717) is 19.0 Å². The van der Waals surface area contributed by atoms with Gasteiger partial charge >= 0.3 is 0 Å². The molecule has 7 heteroatoms. The first-order chi connectivity index (χ1) is 14.5. The van der Waals surface area contributed by atoms with Gasteiger partial charge in [-0.2, -0.15) is 0 Å². The first kappa shape index (κ1) is 20.1. The Hall–Kier alpha value is -3.22. The summed E-state index contributed by atoms with van der Waals surface area (Å²) in [6, 6.07) is 9.90. The summed E-state index contributed by atoms with van der Waals surface area (Å²) in [5.74, 6) is 2.22. The molecule has 7 nitrogen and oxygen atoms in total. The third-order valence-corrected chi connectivity index (χ3v) is 5.39. The lowest BCUT2D eigenvalue weighted by Gasteiger charge is -2.35.